The SMILES string of the molecule is c1ccc2c(c1)-c1ccccc1N(c1ccc3c4c(cccc14)-c1ccccc1-3)c1ccccc1-2. The number of para-hydroxylation sites is 2. The van der Waals surface area contributed by atoms with Crippen LogP contribution in [-0.4, -0.2) is 0 Å². The minimum Gasteiger partial charge on any atom is -0.309 e. The molecule has 1 aliphatic heterocycles. The van der Waals surface area contributed by atoms with Crippen molar-refractivity contribution in [3.63, 3.8) is 0 Å². The van der Waals surface area contributed by atoms with Gasteiger partial charge >= 0.3 is 0 Å². The smallest absolute Gasteiger partial charge is 0.0541 e. The Balaban J connectivity index is 1.50. The Labute approximate surface area is 204 Å². The Morgan fingerprint density at radius 1 is 0.286 bits per heavy atom. The maximum atomic E-state index is 2.47. The second kappa shape index (κ2) is 6.94. The van der Waals surface area contributed by atoms with Crippen LogP contribution in [0.5, 0.6) is 0 Å². The molecule has 1 heterocycles. The largest absolute Gasteiger partial charge is 0.309 e. The van der Waals surface area contributed by atoms with Crippen LogP contribution in [-0.2, 0) is 0 Å². The van der Waals surface area contributed by atoms with Crippen LogP contribution in [0.3, 0.4) is 0 Å². The van der Waals surface area contributed by atoms with Gasteiger partial charge < -0.3 is 4.90 Å². The third-order valence-electron chi connectivity index (χ3n) is 7.56. The van der Waals surface area contributed by atoms with Crippen molar-refractivity contribution in [2.75, 3.05) is 4.90 Å². The Kier molecular flexibility index (Phi) is 3.72. The molecule has 1 nitrogen and oxygen atoms in total. The molecule has 0 amide bonds. The van der Waals surface area contributed by atoms with Crippen molar-refractivity contribution in [2.45, 2.75) is 0 Å². The van der Waals surface area contributed by atoms with E-state index in [1.54, 1.807) is 0 Å². The van der Waals surface area contributed by atoms with Gasteiger partial charge in [-0.15, -0.1) is 0 Å². The summed E-state index contributed by atoms with van der Waals surface area (Å²) < 4.78 is 0. The van der Waals surface area contributed by atoms with Crippen LogP contribution in [0.4, 0.5) is 17.1 Å². The molecule has 1 heteroatoms. The first kappa shape index (κ1) is 18.8. The summed E-state index contributed by atoms with van der Waals surface area (Å²) in [5, 5.41) is 2.63. The molecule has 0 fully saturated rings. The van der Waals surface area contributed by atoms with Crippen molar-refractivity contribution >= 4 is 27.8 Å². The average molecular weight is 444 g/mol. The Morgan fingerprint density at radius 2 is 0.714 bits per heavy atom. The van der Waals surface area contributed by atoms with Crippen molar-refractivity contribution in [1.29, 1.82) is 0 Å². The van der Waals surface area contributed by atoms with E-state index in [4.69, 9.17) is 0 Å². The topological polar surface area (TPSA) is 3.24 Å². The van der Waals surface area contributed by atoms with Gasteiger partial charge in [-0.05, 0) is 57.0 Å². The van der Waals surface area contributed by atoms with Crippen LogP contribution in [0.1, 0.15) is 0 Å². The highest BCUT2D eigenvalue weighted by Crippen LogP contribution is 2.54. The molecule has 0 atom stereocenters. The van der Waals surface area contributed by atoms with Gasteiger partial charge in [0, 0.05) is 16.5 Å². The van der Waals surface area contributed by atoms with Gasteiger partial charge in [-0.25, -0.2) is 0 Å². The molecule has 6 aromatic rings. The molecule has 0 aromatic heterocycles. The summed E-state index contributed by atoms with van der Waals surface area (Å²) >= 11 is 0. The highest BCUT2D eigenvalue weighted by molar-refractivity contribution is 6.20. The van der Waals surface area contributed by atoms with Crippen LogP contribution < -0.4 is 4.90 Å². The normalized spacial score (nSPS) is 12.5. The quantitative estimate of drug-likeness (QED) is 0.244. The predicted octanol–water partition coefficient (Wildman–Crippen LogP) is 9.60. The third-order valence-corrected chi connectivity index (χ3v) is 7.56. The fourth-order valence-corrected chi connectivity index (χ4v) is 6.12. The van der Waals surface area contributed by atoms with Gasteiger partial charge in [0.05, 0.1) is 17.1 Å². The minimum absolute atomic E-state index is 1.21. The number of benzene rings is 6. The molecule has 1 aliphatic carbocycles. The first-order valence-corrected chi connectivity index (χ1v) is 12.1. The summed E-state index contributed by atoms with van der Waals surface area (Å²) in [6.07, 6.45) is 0. The van der Waals surface area contributed by atoms with Crippen molar-refractivity contribution in [3.05, 3.63) is 127 Å². The van der Waals surface area contributed by atoms with E-state index in [9.17, 15) is 0 Å². The molecule has 35 heavy (non-hydrogen) atoms. The molecule has 0 saturated heterocycles. The van der Waals surface area contributed by atoms with E-state index in [1.165, 1.54) is 72.3 Å². The van der Waals surface area contributed by atoms with Crippen molar-refractivity contribution in [1.82, 2.24) is 0 Å². The molecular formula is C34H21N. The van der Waals surface area contributed by atoms with Gasteiger partial charge in [0.1, 0.15) is 0 Å². The van der Waals surface area contributed by atoms with Crippen LogP contribution in [0.2, 0.25) is 0 Å². The van der Waals surface area contributed by atoms with E-state index < -0.39 is 0 Å². The number of hydrogen-bond donors (Lipinski definition) is 0. The number of nitrogens with zero attached hydrogens (tertiary/aromatic N) is 1. The molecule has 0 spiro atoms. The second-order valence-corrected chi connectivity index (χ2v) is 9.32. The minimum atomic E-state index is 1.21. The first-order chi connectivity index (χ1) is 17.4. The van der Waals surface area contributed by atoms with E-state index >= 15 is 0 Å². The predicted molar refractivity (Wildman–Crippen MR) is 147 cm³/mol. The van der Waals surface area contributed by atoms with Crippen molar-refractivity contribution in [2.24, 2.45) is 0 Å². The van der Waals surface area contributed by atoms with E-state index in [-0.39, 0.29) is 0 Å². The second-order valence-electron chi connectivity index (χ2n) is 9.32. The summed E-state index contributed by atoms with van der Waals surface area (Å²) in [5.41, 5.74) is 14.0. The van der Waals surface area contributed by atoms with Gasteiger partial charge in [-0.1, -0.05) is 109 Å². The lowest BCUT2D eigenvalue weighted by atomic mass is 9.95. The molecule has 0 unspecified atom stereocenters. The van der Waals surface area contributed by atoms with Crippen LogP contribution >= 0.6 is 0 Å². The molecule has 0 radical (unpaired) electrons. The maximum absolute atomic E-state index is 2.47. The first-order valence-electron chi connectivity index (χ1n) is 12.1. The zero-order chi connectivity index (χ0) is 22.9. The van der Waals surface area contributed by atoms with Crippen LogP contribution in [0.15, 0.2) is 127 Å². The summed E-state index contributed by atoms with van der Waals surface area (Å²) in [6, 6.07) is 46.6. The maximum Gasteiger partial charge on any atom is 0.0541 e. The molecule has 6 aromatic carbocycles. The Hall–Kier alpha value is -4.62. The average Bonchev–Trinajstić information content (AvgIpc) is 3.19. The molecule has 8 rings (SSSR count). The highest BCUT2D eigenvalue weighted by Gasteiger charge is 2.28. The third kappa shape index (κ3) is 2.47. The monoisotopic (exact) mass is 443 g/mol. The number of anilines is 3. The van der Waals surface area contributed by atoms with E-state index in [2.05, 4.69) is 132 Å². The Morgan fingerprint density at radius 3 is 1.29 bits per heavy atom. The zero-order valence-electron chi connectivity index (χ0n) is 19.1. The lowest BCUT2D eigenvalue weighted by molar-refractivity contribution is 1.31. The molecule has 162 valence electrons. The van der Waals surface area contributed by atoms with Crippen LogP contribution in [0, 0.1) is 0 Å². The lowest BCUT2D eigenvalue weighted by Gasteiger charge is -2.28. The molecule has 2 aliphatic rings. The fourth-order valence-electron chi connectivity index (χ4n) is 6.12. The standard InChI is InChI=1S/C34H21N/c1-2-11-23-22(10-1)26-14-5-7-18-31(26)35(32-19-8-6-15-27(23)32)33-21-20-29-25-13-4-3-12-24(25)28-16-9-17-30(33)34(28)29/h1-21H. The van der Waals surface area contributed by atoms with Gasteiger partial charge in [0.15, 0.2) is 0 Å². The van der Waals surface area contributed by atoms with Gasteiger partial charge in [0.2, 0.25) is 0 Å². The van der Waals surface area contributed by atoms with Gasteiger partial charge in [-0.2, -0.15) is 0 Å². The number of fused-ring (bicyclic) bond motifs is 8. The summed E-state index contributed by atoms with van der Waals surface area (Å²) in [5.74, 6) is 0. The number of hydrogen-bond acceptors (Lipinski definition) is 1. The van der Waals surface area contributed by atoms with Crippen LogP contribution in [0.25, 0.3) is 55.3 Å². The summed E-state index contributed by atoms with van der Waals surface area (Å²) in [4.78, 5) is 2.47. The highest BCUT2D eigenvalue weighted by atomic mass is 15.2. The molecular weight excluding hydrogens is 422 g/mol. The van der Waals surface area contributed by atoms with E-state index in [0.717, 1.165) is 0 Å². The lowest BCUT2D eigenvalue weighted by Crippen LogP contribution is -2.11. The summed E-state index contributed by atoms with van der Waals surface area (Å²) in [7, 11) is 0. The van der Waals surface area contributed by atoms with E-state index in [0.29, 0.717) is 0 Å². The summed E-state index contributed by atoms with van der Waals surface area (Å²) in [6.45, 7) is 0. The zero-order valence-corrected chi connectivity index (χ0v) is 19.1. The van der Waals surface area contributed by atoms with E-state index in [1.807, 2.05) is 0 Å². The van der Waals surface area contributed by atoms with Crippen molar-refractivity contribution < 1.29 is 0 Å². The molecule has 0 bridgehead atoms. The van der Waals surface area contributed by atoms with Crippen molar-refractivity contribution in [3.8, 4) is 44.5 Å². The van der Waals surface area contributed by atoms with Gasteiger partial charge in [0.25, 0.3) is 0 Å². The Bertz CT molecular complexity index is 1710. The van der Waals surface area contributed by atoms with Gasteiger partial charge in [-0.3, -0.25) is 0 Å². The molecule has 0 saturated carbocycles. The molecule has 0 N–H and O–H groups in total. The fraction of sp³-hybridized carbons (Fsp3) is 0. The number of rotatable bonds is 1.